The standard InChI is InChI=1S/2C3H4N2O2.HO3P/c2*6-2-1-4-3(7)5-2;1-4(2)3/h2*1H2,(H2,4,5,6,7);(H-,1,2,3)/p+1. The number of rotatable bonds is 0. The summed E-state index contributed by atoms with van der Waals surface area (Å²) in [6.07, 6.45) is 0. The minimum absolute atomic E-state index is 0.124. The Morgan fingerprint density at radius 1 is 0.833 bits per heavy atom. The lowest BCUT2D eigenvalue weighted by molar-refractivity contribution is -0.118. The van der Waals surface area contributed by atoms with Crippen LogP contribution in [-0.2, 0) is 14.2 Å². The third-order valence-corrected chi connectivity index (χ3v) is 1.32. The molecule has 2 aliphatic rings. The van der Waals surface area contributed by atoms with E-state index in [4.69, 9.17) is 14.4 Å². The van der Waals surface area contributed by atoms with Gasteiger partial charge in [-0.3, -0.25) is 20.2 Å². The topological polar surface area (TPSA) is 174 Å². The molecule has 2 rings (SSSR count). The highest BCUT2D eigenvalue weighted by molar-refractivity contribution is 7.30. The molecule has 2 heterocycles. The van der Waals surface area contributed by atoms with Gasteiger partial charge >= 0.3 is 20.3 Å². The minimum Gasteiger partial charge on any atom is -0.329 e. The number of hydrogen-bond donors (Lipinski definition) is 6. The first-order valence-electron chi connectivity index (χ1n) is 4.31. The van der Waals surface area contributed by atoms with Gasteiger partial charge in [0.1, 0.15) is 0 Å². The van der Waals surface area contributed by atoms with Crippen molar-refractivity contribution in [3.05, 3.63) is 0 Å². The Kier molecular flexibility index (Phi) is 7.12. The second kappa shape index (κ2) is 8.06. The lowest BCUT2D eigenvalue weighted by Gasteiger charge is -1.78. The monoisotopic (exact) mass is 281 g/mol. The molecule has 11 nitrogen and oxygen atoms in total. The van der Waals surface area contributed by atoms with Crippen LogP contribution in [-0.4, -0.2) is 46.8 Å². The van der Waals surface area contributed by atoms with E-state index in [1.165, 1.54) is 0 Å². The number of carbonyl (C=O) groups is 4. The Balaban J connectivity index is 0.000000253. The molecule has 2 fully saturated rings. The minimum atomic E-state index is -2.87. The van der Waals surface area contributed by atoms with Crippen molar-refractivity contribution in [3.8, 4) is 0 Å². The summed E-state index contributed by atoms with van der Waals surface area (Å²) in [5.41, 5.74) is 0. The van der Waals surface area contributed by atoms with Gasteiger partial charge in [0, 0.05) is 4.57 Å². The van der Waals surface area contributed by atoms with Crippen LogP contribution in [0.3, 0.4) is 0 Å². The van der Waals surface area contributed by atoms with Crippen molar-refractivity contribution >= 4 is 32.1 Å². The van der Waals surface area contributed by atoms with Crippen LogP contribution in [0.5, 0.6) is 0 Å². The predicted molar refractivity (Wildman–Crippen MR) is 55.1 cm³/mol. The first kappa shape index (κ1) is 15.9. The number of amides is 6. The maximum atomic E-state index is 10.1. The smallest absolute Gasteiger partial charge is 0.329 e. The van der Waals surface area contributed by atoms with Crippen LogP contribution in [0.1, 0.15) is 0 Å². The van der Waals surface area contributed by atoms with Gasteiger partial charge in [-0.1, -0.05) is 0 Å². The van der Waals surface area contributed by atoms with Gasteiger partial charge in [-0.25, -0.2) is 9.59 Å². The molecule has 2 saturated heterocycles. The molecule has 18 heavy (non-hydrogen) atoms. The van der Waals surface area contributed by atoms with Gasteiger partial charge in [0.25, 0.3) is 0 Å². The van der Waals surface area contributed by atoms with Gasteiger partial charge in [0.15, 0.2) is 0 Å². The van der Waals surface area contributed by atoms with E-state index in [2.05, 4.69) is 10.6 Å². The summed E-state index contributed by atoms with van der Waals surface area (Å²) in [4.78, 5) is 54.4. The molecule has 0 atom stereocenters. The summed E-state index contributed by atoms with van der Waals surface area (Å²) in [6.45, 7) is 0.248. The van der Waals surface area contributed by atoms with Gasteiger partial charge in [0.05, 0.1) is 13.1 Å². The maximum absolute atomic E-state index is 10.1. The average Bonchev–Trinajstić information content (AvgIpc) is 2.76. The molecule has 0 saturated carbocycles. The Bertz CT molecular complexity index is 322. The number of carbonyl (C=O) groups excluding carboxylic acids is 4. The normalized spacial score (nSPS) is 16.1. The van der Waals surface area contributed by atoms with Gasteiger partial charge in [-0.2, -0.15) is 0 Å². The first-order chi connectivity index (χ1) is 8.31. The van der Waals surface area contributed by atoms with Gasteiger partial charge in [-0.15, -0.1) is 9.79 Å². The van der Waals surface area contributed by atoms with Crippen molar-refractivity contribution in [1.82, 2.24) is 21.3 Å². The zero-order valence-electron chi connectivity index (χ0n) is 8.80. The van der Waals surface area contributed by atoms with E-state index in [1.54, 1.807) is 0 Å². The molecule has 0 aromatic rings. The van der Waals surface area contributed by atoms with E-state index >= 15 is 0 Å². The van der Waals surface area contributed by atoms with E-state index in [0.717, 1.165) is 0 Å². The fourth-order valence-corrected chi connectivity index (χ4v) is 0.751. The number of hydrogen-bond acceptors (Lipinski definition) is 5. The summed E-state index contributed by atoms with van der Waals surface area (Å²) in [7, 11) is -2.87. The second-order valence-corrected chi connectivity index (χ2v) is 3.22. The maximum Gasteiger partial charge on any atom is 0.692 e. The average molecular weight is 281 g/mol. The molecular formula is C6H10N4O7P+. The summed E-state index contributed by atoms with van der Waals surface area (Å²) in [5.74, 6) is -0.519. The Morgan fingerprint density at radius 3 is 1.17 bits per heavy atom. The molecule has 6 N–H and O–H groups in total. The van der Waals surface area contributed by atoms with Crippen LogP contribution in [0, 0.1) is 0 Å². The molecule has 0 aromatic carbocycles. The van der Waals surface area contributed by atoms with E-state index in [1.807, 2.05) is 10.6 Å². The van der Waals surface area contributed by atoms with Gasteiger partial charge < -0.3 is 10.6 Å². The molecule has 2 aliphatic heterocycles. The third kappa shape index (κ3) is 9.15. The fourth-order valence-electron chi connectivity index (χ4n) is 0.751. The molecule has 6 amide bonds. The van der Waals surface area contributed by atoms with E-state index in [9.17, 15) is 19.2 Å². The zero-order valence-corrected chi connectivity index (χ0v) is 9.69. The van der Waals surface area contributed by atoms with Crippen molar-refractivity contribution in [2.75, 3.05) is 13.1 Å². The van der Waals surface area contributed by atoms with Crippen LogP contribution in [0.15, 0.2) is 0 Å². The lowest BCUT2D eigenvalue weighted by atomic mass is 10.7. The molecule has 12 heteroatoms. The van der Waals surface area contributed by atoms with Crippen molar-refractivity contribution in [3.63, 3.8) is 0 Å². The van der Waals surface area contributed by atoms with Crippen molar-refractivity contribution < 1.29 is 33.5 Å². The molecular weight excluding hydrogens is 271 g/mol. The Labute approximate surface area is 101 Å². The lowest BCUT2D eigenvalue weighted by Crippen LogP contribution is -2.22. The number of urea groups is 2. The quantitative estimate of drug-likeness (QED) is 0.206. The van der Waals surface area contributed by atoms with Crippen molar-refractivity contribution in [2.24, 2.45) is 0 Å². The van der Waals surface area contributed by atoms with Crippen molar-refractivity contribution in [2.45, 2.75) is 0 Å². The molecule has 0 spiro atoms. The fraction of sp³-hybridized carbons (Fsp3) is 0.333. The second-order valence-electron chi connectivity index (χ2n) is 2.71. The van der Waals surface area contributed by atoms with Gasteiger partial charge in [-0.05, 0) is 0 Å². The van der Waals surface area contributed by atoms with E-state index < -0.39 is 20.3 Å². The zero-order chi connectivity index (χ0) is 14.1. The van der Waals surface area contributed by atoms with E-state index in [-0.39, 0.29) is 24.9 Å². The van der Waals surface area contributed by atoms with Gasteiger partial charge in [0.2, 0.25) is 11.8 Å². The van der Waals surface area contributed by atoms with Crippen LogP contribution >= 0.6 is 8.25 Å². The Hall–Kier alpha value is -2.10. The van der Waals surface area contributed by atoms with Crippen molar-refractivity contribution in [1.29, 1.82) is 0 Å². The summed E-state index contributed by atoms with van der Waals surface area (Å²) in [5, 5.41) is 8.59. The van der Waals surface area contributed by atoms with E-state index in [0.29, 0.717) is 0 Å². The first-order valence-corrected chi connectivity index (χ1v) is 5.48. The molecule has 0 radical (unpaired) electrons. The third-order valence-electron chi connectivity index (χ3n) is 1.32. The summed E-state index contributed by atoms with van der Waals surface area (Å²) < 4.78 is 8.70. The van der Waals surface area contributed by atoms with Crippen LogP contribution in [0.4, 0.5) is 9.59 Å². The molecule has 0 bridgehead atoms. The van der Waals surface area contributed by atoms with Crippen LogP contribution in [0.2, 0.25) is 0 Å². The largest absolute Gasteiger partial charge is 0.692 e. The number of nitrogens with one attached hydrogen (secondary N) is 4. The SMILES string of the molecule is O=C1CNC(=O)N1.O=C1CNC(=O)N1.O=[P+](O)O. The molecule has 0 aliphatic carbocycles. The molecule has 0 unspecified atom stereocenters. The number of imide groups is 2. The molecule has 0 aromatic heterocycles. The summed E-state index contributed by atoms with van der Waals surface area (Å²) >= 11 is 0. The summed E-state index contributed by atoms with van der Waals surface area (Å²) in [6, 6.07) is -0.796. The Morgan fingerprint density at radius 2 is 1.11 bits per heavy atom. The predicted octanol–water partition coefficient (Wildman–Crippen LogP) is -2.72. The molecule has 100 valence electrons. The highest BCUT2D eigenvalue weighted by Crippen LogP contribution is 1.98. The highest BCUT2D eigenvalue weighted by Gasteiger charge is 2.14. The van der Waals surface area contributed by atoms with Crippen LogP contribution in [0.25, 0.3) is 0 Å². The van der Waals surface area contributed by atoms with Crippen LogP contribution < -0.4 is 21.3 Å². The highest BCUT2D eigenvalue weighted by atomic mass is 31.1.